The summed E-state index contributed by atoms with van der Waals surface area (Å²) in [6.07, 6.45) is 0. The molecule has 0 N–H and O–H groups in total. The minimum absolute atomic E-state index is 0.235. The molecule has 0 saturated carbocycles. The minimum Gasteiger partial charge on any atom is -0.464 e. The van der Waals surface area contributed by atoms with Gasteiger partial charge in [-0.15, -0.1) is 0 Å². The molecular formula is C10H9NO3S. The zero-order chi connectivity index (χ0) is 10.8. The highest BCUT2D eigenvalue weighted by molar-refractivity contribution is 7.08. The molecule has 0 bridgehead atoms. The van der Waals surface area contributed by atoms with Gasteiger partial charge in [0.2, 0.25) is 5.89 Å². The van der Waals surface area contributed by atoms with Crippen molar-refractivity contribution >= 4 is 17.3 Å². The Morgan fingerprint density at radius 1 is 1.60 bits per heavy atom. The Balaban J connectivity index is 2.41. The van der Waals surface area contributed by atoms with Gasteiger partial charge in [-0.2, -0.15) is 11.3 Å². The van der Waals surface area contributed by atoms with Crippen molar-refractivity contribution in [2.75, 3.05) is 7.11 Å². The van der Waals surface area contributed by atoms with Crippen LogP contribution in [0.15, 0.2) is 21.2 Å². The summed E-state index contributed by atoms with van der Waals surface area (Å²) >= 11 is 1.55. The minimum atomic E-state index is -0.474. The average Bonchev–Trinajstić information content (AvgIpc) is 2.84. The monoisotopic (exact) mass is 223 g/mol. The topological polar surface area (TPSA) is 52.3 Å². The van der Waals surface area contributed by atoms with Crippen molar-refractivity contribution < 1.29 is 13.9 Å². The number of aryl methyl sites for hydroxylation is 1. The van der Waals surface area contributed by atoms with Crippen LogP contribution in [-0.4, -0.2) is 18.1 Å². The Labute approximate surface area is 90.5 Å². The second-order valence-electron chi connectivity index (χ2n) is 2.93. The molecule has 4 nitrogen and oxygen atoms in total. The first-order valence-corrected chi connectivity index (χ1v) is 5.25. The highest BCUT2D eigenvalue weighted by Gasteiger charge is 2.18. The molecule has 0 fully saturated rings. The molecule has 0 radical (unpaired) electrons. The maximum absolute atomic E-state index is 11.3. The summed E-state index contributed by atoms with van der Waals surface area (Å²) in [7, 11) is 1.32. The first-order chi connectivity index (χ1) is 7.22. The third-order valence-corrected chi connectivity index (χ3v) is 2.63. The van der Waals surface area contributed by atoms with Crippen LogP contribution >= 0.6 is 11.3 Å². The molecule has 0 unspecified atom stereocenters. The van der Waals surface area contributed by atoms with Gasteiger partial charge >= 0.3 is 5.97 Å². The first kappa shape index (κ1) is 9.92. The number of esters is 1. The molecule has 2 heterocycles. The van der Waals surface area contributed by atoms with Crippen molar-refractivity contribution in [2.24, 2.45) is 0 Å². The van der Waals surface area contributed by atoms with Crippen molar-refractivity contribution in [3.63, 3.8) is 0 Å². The maximum Gasteiger partial charge on any atom is 0.360 e. The van der Waals surface area contributed by atoms with Crippen molar-refractivity contribution in [1.82, 2.24) is 4.98 Å². The number of thiophene rings is 1. The second-order valence-corrected chi connectivity index (χ2v) is 3.71. The van der Waals surface area contributed by atoms with E-state index in [9.17, 15) is 4.79 Å². The predicted molar refractivity (Wildman–Crippen MR) is 55.9 cm³/mol. The number of oxazole rings is 1. The normalized spacial score (nSPS) is 10.3. The van der Waals surface area contributed by atoms with Gasteiger partial charge < -0.3 is 9.15 Å². The van der Waals surface area contributed by atoms with E-state index in [1.54, 1.807) is 18.3 Å². The van der Waals surface area contributed by atoms with E-state index in [2.05, 4.69) is 9.72 Å². The molecule has 0 saturated heterocycles. The lowest BCUT2D eigenvalue weighted by Gasteiger charge is -1.91. The average molecular weight is 223 g/mol. The fraction of sp³-hybridized carbons (Fsp3) is 0.200. The smallest absolute Gasteiger partial charge is 0.360 e. The van der Waals surface area contributed by atoms with Crippen molar-refractivity contribution in [1.29, 1.82) is 0 Å². The van der Waals surface area contributed by atoms with Crippen LogP contribution in [0.4, 0.5) is 0 Å². The Hall–Kier alpha value is -1.62. The molecule has 2 aromatic heterocycles. The molecule has 0 spiro atoms. The van der Waals surface area contributed by atoms with E-state index in [0.29, 0.717) is 11.7 Å². The fourth-order valence-corrected chi connectivity index (χ4v) is 1.82. The van der Waals surface area contributed by atoms with Crippen LogP contribution in [0, 0.1) is 6.92 Å². The van der Waals surface area contributed by atoms with E-state index in [0.717, 1.165) is 5.56 Å². The predicted octanol–water partition coefficient (Wildman–Crippen LogP) is 2.50. The summed E-state index contributed by atoms with van der Waals surface area (Å²) in [5, 5.41) is 3.83. The largest absolute Gasteiger partial charge is 0.464 e. The molecule has 0 atom stereocenters. The molecule has 0 aliphatic heterocycles. The summed E-state index contributed by atoms with van der Waals surface area (Å²) in [5.41, 5.74) is 1.11. The Morgan fingerprint density at radius 3 is 3.00 bits per heavy atom. The van der Waals surface area contributed by atoms with Crippen LogP contribution in [0.2, 0.25) is 0 Å². The molecule has 0 aliphatic rings. The molecule has 0 aliphatic carbocycles. The van der Waals surface area contributed by atoms with Gasteiger partial charge in [0.15, 0.2) is 5.69 Å². The Morgan fingerprint density at radius 2 is 2.40 bits per heavy atom. The molecule has 0 aromatic carbocycles. The van der Waals surface area contributed by atoms with Gasteiger partial charge in [0, 0.05) is 10.9 Å². The van der Waals surface area contributed by atoms with Gasteiger partial charge in [0.25, 0.3) is 0 Å². The van der Waals surface area contributed by atoms with Gasteiger partial charge in [0.1, 0.15) is 5.76 Å². The van der Waals surface area contributed by atoms with E-state index < -0.39 is 5.97 Å². The summed E-state index contributed by atoms with van der Waals surface area (Å²) < 4.78 is 9.97. The van der Waals surface area contributed by atoms with Gasteiger partial charge in [-0.25, -0.2) is 9.78 Å². The van der Waals surface area contributed by atoms with Gasteiger partial charge in [-0.05, 0) is 18.4 Å². The standard InChI is InChI=1S/C10H9NO3S/c1-6-8(10(12)13-2)11-9(14-6)7-3-4-15-5-7/h3-5H,1-2H3. The zero-order valence-electron chi connectivity index (χ0n) is 8.31. The van der Waals surface area contributed by atoms with Crippen LogP contribution in [-0.2, 0) is 4.74 Å². The summed E-state index contributed by atoms with van der Waals surface area (Å²) in [6, 6.07) is 1.89. The lowest BCUT2D eigenvalue weighted by Crippen LogP contribution is -2.03. The number of aromatic nitrogens is 1. The fourth-order valence-electron chi connectivity index (χ4n) is 1.19. The molecule has 15 heavy (non-hydrogen) atoms. The van der Waals surface area contributed by atoms with Crippen LogP contribution in [0.25, 0.3) is 11.5 Å². The van der Waals surface area contributed by atoms with Crippen LogP contribution in [0.1, 0.15) is 16.2 Å². The highest BCUT2D eigenvalue weighted by Crippen LogP contribution is 2.23. The number of hydrogen-bond acceptors (Lipinski definition) is 5. The van der Waals surface area contributed by atoms with Gasteiger partial charge in [-0.3, -0.25) is 0 Å². The van der Waals surface area contributed by atoms with Crippen molar-refractivity contribution in [2.45, 2.75) is 6.92 Å². The van der Waals surface area contributed by atoms with Crippen LogP contribution in [0.5, 0.6) is 0 Å². The summed E-state index contributed by atoms with van der Waals surface area (Å²) in [4.78, 5) is 15.4. The van der Waals surface area contributed by atoms with Crippen molar-refractivity contribution in [3.05, 3.63) is 28.3 Å². The number of rotatable bonds is 2. The Kier molecular flexibility index (Phi) is 2.55. The molecule has 2 rings (SSSR count). The van der Waals surface area contributed by atoms with Gasteiger partial charge in [-0.1, -0.05) is 0 Å². The van der Waals surface area contributed by atoms with E-state index >= 15 is 0 Å². The molecular weight excluding hydrogens is 214 g/mol. The SMILES string of the molecule is COC(=O)c1nc(-c2ccsc2)oc1C. The summed E-state index contributed by atoms with van der Waals surface area (Å²) in [5.74, 6) is 0.454. The number of nitrogens with zero attached hydrogens (tertiary/aromatic N) is 1. The second kappa shape index (κ2) is 3.86. The molecule has 78 valence electrons. The lowest BCUT2D eigenvalue weighted by atomic mass is 10.3. The van der Waals surface area contributed by atoms with Crippen LogP contribution < -0.4 is 0 Å². The van der Waals surface area contributed by atoms with E-state index in [4.69, 9.17) is 4.42 Å². The molecule has 5 heteroatoms. The van der Waals surface area contributed by atoms with E-state index in [1.807, 2.05) is 16.8 Å². The number of carbonyl (C=O) groups excluding carboxylic acids is 1. The van der Waals surface area contributed by atoms with E-state index in [1.165, 1.54) is 7.11 Å². The highest BCUT2D eigenvalue weighted by atomic mass is 32.1. The number of methoxy groups -OCH3 is 1. The maximum atomic E-state index is 11.3. The van der Waals surface area contributed by atoms with Crippen LogP contribution in [0.3, 0.4) is 0 Å². The lowest BCUT2D eigenvalue weighted by molar-refractivity contribution is 0.0593. The Bertz CT molecular complexity index is 473. The molecule has 2 aromatic rings. The third kappa shape index (κ3) is 1.78. The third-order valence-electron chi connectivity index (χ3n) is 1.94. The quantitative estimate of drug-likeness (QED) is 0.734. The van der Waals surface area contributed by atoms with Gasteiger partial charge in [0.05, 0.1) is 7.11 Å². The first-order valence-electron chi connectivity index (χ1n) is 4.30. The van der Waals surface area contributed by atoms with E-state index in [-0.39, 0.29) is 5.69 Å². The summed E-state index contributed by atoms with van der Waals surface area (Å²) in [6.45, 7) is 1.69. The van der Waals surface area contributed by atoms with Crippen molar-refractivity contribution in [3.8, 4) is 11.5 Å². The zero-order valence-corrected chi connectivity index (χ0v) is 9.13. The molecule has 0 amide bonds. The number of ether oxygens (including phenoxy) is 1. The number of hydrogen-bond donors (Lipinski definition) is 0. The number of carbonyl (C=O) groups is 1.